The summed E-state index contributed by atoms with van der Waals surface area (Å²) in [6, 6.07) is 11.7. The van der Waals surface area contributed by atoms with Crippen molar-refractivity contribution < 1.29 is 33.3 Å². The van der Waals surface area contributed by atoms with Crippen LogP contribution in [0.1, 0.15) is 21.5 Å². The third-order valence-electron chi connectivity index (χ3n) is 4.03. The fourth-order valence-corrected chi connectivity index (χ4v) is 2.48. The van der Waals surface area contributed by atoms with Crippen molar-refractivity contribution in [1.29, 1.82) is 0 Å². The highest BCUT2D eigenvalue weighted by Gasteiger charge is 2.11. The van der Waals surface area contributed by atoms with Crippen molar-refractivity contribution in [2.75, 3.05) is 27.9 Å². The number of hydrogen-bond donors (Lipinski definition) is 1. The lowest BCUT2D eigenvalue weighted by Gasteiger charge is -2.10. The van der Waals surface area contributed by atoms with Gasteiger partial charge in [-0.3, -0.25) is 9.59 Å². The average molecular weight is 401 g/mol. The molecule has 0 radical (unpaired) electrons. The van der Waals surface area contributed by atoms with Crippen LogP contribution >= 0.6 is 0 Å². The van der Waals surface area contributed by atoms with Crippen LogP contribution in [0.15, 0.2) is 42.5 Å². The van der Waals surface area contributed by atoms with Gasteiger partial charge in [-0.15, -0.1) is 0 Å². The summed E-state index contributed by atoms with van der Waals surface area (Å²) in [4.78, 5) is 35.2. The van der Waals surface area contributed by atoms with Crippen LogP contribution in [-0.2, 0) is 32.0 Å². The third kappa shape index (κ3) is 6.53. The Labute approximate surface area is 168 Å². The number of carbonyl (C=O) groups excluding carboxylic acids is 3. The molecule has 0 fully saturated rings. The molecule has 1 N–H and O–H groups in total. The molecule has 0 saturated carbocycles. The molecule has 2 aromatic rings. The molecule has 154 valence electrons. The van der Waals surface area contributed by atoms with E-state index >= 15 is 0 Å². The lowest BCUT2D eigenvalue weighted by molar-refractivity contribution is -0.147. The van der Waals surface area contributed by atoms with Gasteiger partial charge in [-0.05, 0) is 35.4 Å². The highest BCUT2D eigenvalue weighted by Crippen LogP contribution is 2.27. The van der Waals surface area contributed by atoms with Gasteiger partial charge in [-0.1, -0.05) is 18.2 Å². The molecule has 8 heteroatoms. The van der Waals surface area contributed by atoms with Gasteiger partial charge in [0.25, 0.3) is 5.91 Å². The van der Waals surface area contributed by atoms with Crippen molar-refractivity contribution in [3.8, 4) is 11.5 Å². The number of nitrogens with one attached hydrogen (secondary N) is 1. The second-order valence-corrected chi connectivity index (χ2v) is 5.99. The Morgan fingerprint density at radius 1 is 0.862 bits per heavy atom. The Morgan fingerprint density at radius 3 is 2.14 bits per heavy atom. The molecule has 0 aliphatic rings. The van der Waals surface area contributed by atoms with Crippen LogP contribution in [0.2, 0.25) is 0 Å². The second-order valence-electron chi connectivity index (χ2n) is 5.99. The molecule has 29 heavy (non-hydrogen) atoms. The highest BCUT2D eigenvalue weighted by molar-refractivity contribution is 5.89. The molecule has 0 bridgehead atoms. The first-order valence-electron chi connectivity index (χ1n) is 8.77. The molecule has 0 atom stereocenters. The molecule has 0 aliphatic heterocycles. The molecule has 0 unspecified atom stereocenters. The van der Waals surface area contributed by atoms with E-state index in [0.29, 0.717) is 22.6 Å². The van der Waals surface area contributed by atoms with Gasteiger partial charge in [0.05, 0.1) is 33.3 Å². The van der Waals surface area contributed by atoms with Crippen molar-refractivity contribution in [3.63, 3.8) is 0 Å². The van der Waals surface area contributed by atoms with Crippen LogP contribution in [0.25, 0.3) is 0 Å². The van der Waals surface area contributed by atoms with Crippen LogP contribution in [0.3, 0.4) is 0 Å². The second kappa shape index (κ2) is 10.7. The Hall–Kier alpha value is -3.55. The van der Waals surface area contributed by atoms with E-state index in [1.807, 2.05) is 0 Å². The SMILES string of the molecule is COC(=O)c1ccc(CNC(=O)COC(=O)Cc2ccc(OC)c(OC)c2)cc1. The first-order valence-corrected chi connectivity index (χ1v) is 8.77. The largest absolute Gasteiger partial charge is 0.493 e. The number of rotatable bonds is 9. The van der Waals surface area contributed by atoms with Gasteiger partial charge in [0.2, 0.25) is 0 Å². The minimum atomic E-state index is -0.533. The smallest absolute Gasteiger partial charge is 0.337 e. The number of methoxy groups -OCH3 is 3. The predicted octanol–water partition coefficient (Wildman–Crippen LogP) is 1.89. The van der Waals surface area contributed by atoms with Crippen molar-refractivity contribution in [3.05, 3.63) is 59.2 Å². The van der Waals surface area contributed by atoms with Gasteiger partial charge in [0.15, 0.2) is 18.1 Å². The minimum Gasteiger partial charge on any atom is -0.493 e. The van der Waals surface area contributed by atoms with Crippen molar-refractivity contribution in [1.82, 2.24) is 5.32 Å². The molecule has 0 heterocycles. The van der Waals surface area contributed by atoms with E-state index in [0.717, 1.165) is 5.56 Å². The predicted molar refractivity (Wildman–Crippen MR) is 104 cm³/mol. The van der Waals surface area contributed by atoms with Gasteiger partial charge in [0, 0.05) is 6.54 Å². The Bertz CT molecular complexity index is 862. The summed E-state index contributed by atoms with van der Waals surface area (Å²) in [5.74, 6) is -0.322. The Kier molecular flexibility index (Phi) is 8.02. The van der Waals surface area contributed by atoms with E-state index < -0.39 is 17.8 Å². The van der Waals surface area contributed by atoms with Crippen LogP contribution in [0, 0.1) is 0 Å². The molecular formula is C21H23NO7. The first-order chi connectivity index (χ1) is 14.0. The Morgan fingerprint density at radius 2 is 1.52 bits per heavy atom. The molecule has 0 aromatic heterocycles. The van der Waals surface area contributed by atoms with E-state index in [-0.39, 0.29) is 19.6 Å². The molecule has 2 rings (SSSR count). The zero-order valence-electron chi connectivity index (χ0n) is 16.5. The summed E-state index contributed by atoms with van der Waals surface area (Å²) in [5.41, 5.74) is 1.90. The molecule has 8 nitrogen and oxygen atoms in total. The van der Waals surface area contributed by atoms with Gasteiger partial charge < -0.3 is 24.3 Å². The Balaban J connectivity index is 1.77. The number of amides is 1. The van der Waals surface area contributed by atoms with E-state index in [9.17, 15) is 14.4 Å². The summed E-state index contributed by atoms with van der Waals surface area (Å²) in [5, 5.41) is 2.65. The van der Waals surface area contributed by atoms with Gasteiger partial charge in [-0.25, -0.2) is 4.79 Å². The maximum atomic E-state index is 12.0. The quantitative estimate of drug-likeness (QED) is 0.641. The van der Waals surface area contributed by atoms with Crippen LogP contribution in [0.5, 0.6) is 11.5 Å². The summed E-state index contributed by atoms with van der Waals surface area (Å²) in [6.07, 6.45) is 0.00260. The average Bonchev–Trinajstić information content (AvgIpc) is 2.75. The van der Waals surface area contributed by atoms with Crippen molar-refractivity contribution >= 4 is 17.8 Å². The van der Waals surface area contributed by atoms with Crippen LogP contribution in [-0.4, -0.2) is 45.8 Å². The lowest BCUT2D eigenvalue weighted by atomic mass is 10.1. The third-order valence-corrected chi connectivity index (χ3v) is 4.03. The molecular weight excluding hydrogens is 378 g/mol. The van der Waals surface area contributed by atoms with Crippen LogP contribution in [0.4, 0.5) is 0 Å². The molecule has 0 aliphatic carbocycles. The number of carbonyl (C=O) groups is 3. The topological polar surface area (TPSA) is 100 Å². The fraction of sp³-hybridized carbons (Fsp3) is 0.286. The van der Waals surface area contributed by atoms with Crippen molar-refractivity contribution in [2.45, 2.75) is 13.0 Å². The number of ether oxygens (including phenoxy) is 4. The number of esters is 2. The minimum absolute atomic E-state index is 0.00260. The molecule has 0 saturated heterocycles. The van der Waals surface area contributed by atoms with Gasteiger partial charge in [0.1, 0.15) is 0 Å². The van der Waals surface area contributed by atoms with Gasteiger partial charge in [-0.2, -0.15) is 0 Å². The number of benzene rings is 2. The van der Waals surface area contributed by atoms with E-state index in [4.69, 9.17) is 14.2 Å². The van der Waals surface area contributed by atoms with Crippen molar-refractivity contribution in [2.24, 2.45) is 0 Å². The fourth-order valence-electron chi connectivity index (χ4n) is 2.48. The lowest BCUT2D eigenvalue weighted by Crippen LogP contribution is -2.28. The maximum Gasteiger partial charge on any atom is 0.337 e. The van der Waals surface area contributed by atoms with Gasteiger partial charge >= 0.3 is 11.9 Å². The first kappa shape index (κ1) is 21.7. The maximum absolute atomic E-state index is 12.0. The number of hydrogen-bond acceptors (Lipinski definition) is 7. The standard InChI is InChI=1S/C21H23NO7/c1-26-17-9-6-15(10-18(17)27-2)11-20(24)29-13-19(23)22-12-14-4-7-16(8-5-14)21(25)28-3/h4-10H,11-13H2,1-3H3,(H,22,23). The molecule has 1 amide bonds. The normalized spacial score (nSPS) is 10.0. The van der Waals surface area contributed by atoms with Crippen LogP contribution < -0.4 is 14.8 Å². The van der Waals surface area contributed by atoms with E-state index in [2.05, 4.69) is 10.1 Å². The summed E-state index contributed by atoms with van der Waals surface area (Å²) >= 11 is 0. The zero-order valence-corrected chi connectivity index (χ0v) is 16.5. The van der Waals surface area contributed by atoms with E-state index in [1.54, 1.807) is 42.5 Å². The monoisotopic (exact) mass is 401 g/mol. The summed E-state index contributed by atoms with van der Waals surface area (Å²) < 4.78 is 20.0. The summed E-state index contributed by atoms with van der Waals surface area (Å²) in [6.45, 7) is -0.139. The zero-order chi connectivity index (χ0) is 21.2. The highest BCUT2D eigenvalue weighted by atomic mass is 16.5. The van der Waals surface area contributed by atoms with E-state index in [1.165, 1.54) is 21.3 Å². The summed E-state index contributed by atoms with van der Waals surface area (Å²) in [7, 11) is 4.34. The molecule has 0 spiro atoms. The molecule has 2 aromatic carbocycles.